The minimum absolute atomic E-state index is 0.0723. The van der Waals surface area contributed by atoms with Crippen LogP contribution in [0.1, 0.15) is 11.3 Å². The number of hydrogen-bond donors (Lipinski definition) is 1. The monoisotopic (exact) mass is 365 g/mol. The van der Waals surface area contributed by atoms with E-state index in [1.54, 1.807) is 0 Å². The summed E-state index contributed by atoms with van der Waals surface area (Å²) in [6, 6.07) is 2.92. The number of carbonyl (C=O) groups excluding carboxylic acids is 1. The Labute approximate surface area is 138 Å². The Morgan fingerprint density at radius 3 is 2.67 bits per heavy atom. The van der Waals surface area contributed by atoms with Crippen molar-refractivity contribution in [3.8, 4) is 0 Å². The number of alkyl halides is 3. The first-order chi connectivity index (χ1) is 11.2. The van der Waals surface area contributed by atoms with Crippen LogP contribution in [0.3, 0.4) is 0 Å². The second kappa shape index (κ2) is 7.20. The normalized spacial score (nSPS) is 11.6. The fourth-order valence-corrected chi connectivity index (χ4v) is 2.63. The molecule has 0 fully saturated rings. The van der Waals surface area contributed by atoms with Gasteiger partial charge < -0.3 is 5.32 Å². The maximum Gasteiger partial charge on any atom is 0.419 e. The molecule has 0 atom stereocenters. The van der Waals surface area contributed by atoms with E-state index in [2.05, 4.69) is 10.4 Å². The Kier molecular flexibility index (Phi) is 5.47. The van der Waals surface area contributed by atoms with Crippen molar-refractivity contribution in [3.63, 3.8) is 0 Å². The molecule has 0 radical (unpaired) electrons. The van der Waals surface area contributed by atoms with Gasteiger partial charge in [0, 0.05) is 18.0 Å². The second-order valence-electron chi connectivity index (χ2n) is 4.77. The standard InChI is InChI=1S/C14H12F5N3OS/c1-22-11(9(5-21-22)14(17,18)19)6-20-13(23)7-24-12-3-2-8(15)4-10(12)16/h2-5H,6-7H2,1H3,(H,20,23). The van der Waals surface area contributed by atoms with Crippen molar-refractivity contribution in [3.05, 3.63) is 47.3 Å². The molecule has 0 aliphatic heterocycles. The lowest BCUT2D eigenvalue weighted by molar-refractivity contribution is -0.138. The highest BCUT2D eigenvalue weighted by molar-refractivity contribution is 8.00. The van der Waals surface area contributed by atoms with Gasteiger partial charge in [0.15, 0.2) is 0 Å². The van der Waals surface area contributed by atoms with Crippen LogP contribution in [0.15, 0.2) is 29.3 Å². The highest BCUT2D eigenvalue weighted by Gasteiger charge is 2.35. The van der Waals surface area contributed by atoms with Crippen molar-refractivity contribution in [1.82, 2.24) is 15.1 Å². The number of carbonyl (C=O) groups is 1. The van der Waals surface area contributed by atoms with Gasteiger partial charge in [-0.1, -0.05) is 0 Å². The summed E-state index contributed by atoms with van der Waals surface area (Å²) in [6.45, 7) is -0.364. The summed E-state index contributed by atoms with van der Waals surface area (Å²) in [6.07, 6.45) is -3.88. The number of benzene rings is 1. The molecule has 24 heavy (non-hydrogen) atoms. The van der Waals surface area contributed by atoms with Gasteiger partial charge >= 0.3 is 6.18 Å². The fourth-order valence-electron chi connectivity index (χ4n) is 1.88. The Morgan fingerprint density at radius 2 is 2.04 bits per heavy atom. The van der Waals surface area contributed by atoms with Crippen molar-refractivity contribution in [2.75, 3.05) is 5.75 Å². The highest BCUT2D eigenvalue weighted by Crippen LogP contribution is 2.31. The number of rotatable bonds is 5. The maximum atomic E-state index is 13.4. The lowest BCUT2D eigenvalue weighted by Crippen LogP contribution is -2.27. The van der Waals surface area contributed by atoms with Crippen LogP contribution in [0.5, 0.6) is 0 Å². The van der Waals surface area contributed by atoms with Crippen LogP contribution in [0, 0.1) is 11.6 Å². The molecule has 1 N–H and O–H groups in total. The molecule has 0 aliphatic rings. The van der Waals surface area contributed by atoms with Crippen LogP contribution in [0.2, 0.25) is 0 Å². The number of amides is 1. The topological polar surface area (TPSA) is 46.9 Å². The zero-order chi connectivity index (χ0) is 17.9. The Morgan fingerprint density at radius 1 is 1.33 bits per heavy atom. The molecule has 0 spiro atoms. The van der Waals surface area contributed by atoms with Crippen LogP contribution in [-0.2, 0) is 24.6 Å². The molecule has 0 saturated carbocycles. The zero-order valence-corrected chi connectivity index (χ0v) is 13.1. The highest BCUT2D eigenvalue weighted by atomic mass is 32.2. The first-order valence-corrected chi connectivity index (χ1v) is 7.59. The van der Waals surface area contributed by atoms with Crippen LogP contribution in [0.4, 0.5) is 22.0 Å². The molecule has 2 rings (SSSR count). The van der Waals surface area contributed by atoms with Crippen LogP contribution < -0.4 is 5.32 Å². The summed E-state index contributed by atoms with van der Waals surface area (Å²) < 4.78 is 65.6. The summed E-state index contributed by atoms with van der Waals surface area (Å²) >= 11 is 0.817. The van der Waals surface area contributed by atoms with Crippen LogP contribution in [-0.4, -0.2) is 21.4 Å². The minimum Gasteiger partial charge on any atom is -0.350 e. The van der Waals surface area contributed by atoms with E-state index in [0.29, 0.717) is 12.3 Å². The van der Waals surface area contributed by atoms with Crippen molar-refractivity contribution in [2.24, 2.45) is 7.05 Å². The lowest BCUT2D eigenvalue weighted by Gasteiger charge is -2.10. The van der Waals surface area contributed by atoms with Gasteiger partial charge in [-0.3, -0.25) is 9.48 Å². The van der Waals surface area contributed by atoms with Gasteiger partial charge in [-0.2, -0.15) is 18.3 Å². The molecule has 1 aromatic carbocycles. The third-order valence-electron chi connectivity index (χ3n) is 3.07. The number of aromatic nitrogens is 2. The fraction of sp³-hybridized carbons (Fsp3) is 0.286. The number of thioether (sulfide) groups is 1. The van der Waals surface area contributed by atoms with E-state index in [9.17, 15) is 26.7 Å². The summed E-state index contributed by atoms with van der Waals surface area (Å²) in [5, 5.41) is 5.85. The SMILES string of the molecule is Cn1ncc(C(F)(F)F)c1CNC(=O)CSc1ccc(F)cc1F. The molecule has 0 bridgehead atoms. The van der Waals surface area contributed by atoms with E-state index in [4.69, 9.17) is 0 Å². The van der Waals surface area contributed by atoms with E-state index >= 15 is 0 Å². The molecular formula is C14H12F5N3OS. The first kappa shape index (κ1) is 18.2. The molecular weight excluding hydrogens is 353 g/mol. The second-order valence-corrected chi connectivity index (χ2v) is 5.78. The summed E-state index contributed by atoms with van der Waals surface area (Å²) in [5.41, 5.74) is -1.11. The van der Waals surface area contributed by atoms with Gasteiger partial charge in [-0.15, -0.1) is 11.8 Å². The molecule has 0 aliphatic carbocycles. The number of nitrogens with zero attached hydrogens (tertiary/aromatic N) is 2. The lowest BCUT2D eigenvalue weighted by atomic mass is 10.2. The summed E-state index contributed by atoms with van der Waals surface area (Å²) in [5.74, 6) is -2.35. The van der Waals surface area contributed by atoms with Crippen molar-refractivity contribution < 1.29 is 26.7 Å². The van der Waals surface area contributed by atoms with E-state index in [0.717, 1.165) is 22.5 Å². The van der Waals surface area contributed by atoms with Crippen molar-refractivity contribution >= 4 is 17.7 Å². The number of halogens is 5. The third kappa shape index (κ3) is 4.47. The van der Waals surface area contributed by atoms with E-state index in [-0.39, 0.29) is 22.9 Å². The molecule has 130 valence electrons. The maximum absolute atomic E-state index is 13.4. The quantitative estimate of drug-likeness (QED) is 0.654. The average Bonchev–Trinajstić information content (AvgIpc) is 2.85. The van der Waals surface area contributed by atoms with Gasteiger partial charge in [0.2, 0.25) is 5.91 Å². The van der Waals surface area contributed by atoms with Crippen LogP contribution in [0.25, 0.3) is 0 Å². The Balaban J connectivity index is 1.93. The molecule has 2 aromatic rings. The Hall–Kier alpha value is -2.10. The predicted octanol–water partition coefficient (Wildman–Crippen LogP) is 3.13. The van der Waals surface area contributed by atoms with Gasteiger partial charge in [0.25, 0.3) is 0 Å². The Bertz CT molecular complexity index is 744. The van der Waals surface area contributed by atoms with E-state index in [1.165, 1.54) is 13.1 Å². The minimum atomic E-state index is -4.57. The molecule has 10 heteroatoms. The average molecular weight is 365 g/mol. The number of nitrogens with one attached hydrogen (secondary N) is 1. The molecule has 1 heterocycles. The number of aryl methyl sites for hydroxylation is 1. The predicted molar refractivity (Wildman–Crippen MR) is 77.1 cm³/mol. The van der Waals surface area contributed by atoms with Crippen molar-refractivity contribution in [1.29, 1.82) is 0 Å². The number of hydrogen-bond acceptors (Lipinski definition) is 3. The zero-order valence-electron chi connectivity index (χ0n) is 12.3. The summed E-state index contributed by atoms with van der Waals surface area (Å²) in [4.78, 5) is 11.8. The molecule has 1 amide bonds. The van der Waals surface area contributed by atoms with E-state index < -0.39 is 29.3 Å². The van der Waals surface area contributed by atoms with Crippen molar-refractivity contribution in [2.45, 2.75) is 17.6 Å². The van der Waals surface area contributed by atoms with Crippen LogP contribution >= 0.6 is 11.8 Å². The molecule has 0 saturated heterocycles. The van der Waals surface area contributed by atoms with Gasteiger partial charge in [0.1, 0.15) is 11.6 Å². The van der Waals surface area contributed by atoms with Gasteiger partial charge in [0.05, 0.1) is 29.8 Å². The van der Waals surface area contributed by atoms with Gasteiger partial charge in [-0.25, -0.2) is 8.78 Å². The molecule has 1 aromatic heterocycles. The molecule has 4 nitrogen and oxygen atoms in total. The smallest absolute Gasteiger partial charge is 0.350 e. The summed E-state index contributed by atoms with van der Waals surface area (Å²) in [7, 11) is 1.33. The third-order valence-corrected chi connectivity index (χ3v) is 4.12. The van der Waals surface area contributed by atoms with E-state index in [1.807, 2.05) is 0 Å². The molecule has 0 unspecified atom stereocenters. The largest absolute Gasteiger partial charge is 0.419 e. The van der Waals surface area contributed by atoms with Gasteiger partial charge in [-0.05, 0) is 12.1 Å². The first-order valence-electron chi connectivity index (χ1n) is 6.61.